The summed E-state index contributed by atoms with van der Waals surface area (Å²) in [5, 5.41) is 12.6. The van der Waals surface area contributed by atoms with Crippen LogP contribution in [-0.2, 0) is 0 Å². The van der Waals surface area contributed by atoms with Crippen molar-refractivity contribution < 1.29 is 9.90 Å². The molecule has 18 heavy (non-hydrogen) atoms. The molecule has 0 aromatic carbocycles. The maximum atomic E-state index is 12.1. The molecule has 0 saturated heterocycles. The van der Waals surface area contributed by atoms with Crippen LogP contribution in [0.25, 0.3) is 0 Å². The van der Waals surface area contributed by atoms with Crippen molar-refractivity contribution in [1.29, 1.82) is 0 Å². The monoisotopic (exact) mass is 248 g/mol. The number of carbonyl (C=O) groups is 1. The zero-order chi connectivity index (χ0) is 13.1. The van der Waals surface area contributed by atoms with Gasteiger partial charge in [-0.1, -0.05) is 13.8 Å². The number of nitrogens with zero attached hydrogens (tertiary/aromatic N) is 1. The maximum absolute atomic E-state index is 12.1. The molecule has 0 spiro atoms. The largest absolute Gasteiger partial charge is 0.505 e. The first kappa shape index (κ1) is 12.9. The number of pyridine rings is 1. The predicted octanol–water partition coefficient (Wildman–Crippen LogP) is 2.34. The summed E-state index contributed by atoms with van der Waals surface area (Å²) in [5.41, 5.74) is 0.302. The van der Waals surface area contributed by atoms with Crippen LogP contribution in [-0.4, -0.2) is 22.0 Å². The van der Waals surface area contributed by atoms with Crippen LogP contribution in [0.3, 0.4) is 0 Å². The van der Waals surface area contributed by atoms with Crippen LogP contribution in [0.2, 0.25) is 0 Å². The van der Waals surface area contributed by atoms with E-state index in [0.29, 0.717) is 11.5 Å². The fraction of sp³-hybridized carbons (Fsp3) is 0.571. The Kier molecular flexibility index (Phi) is 3.84. The van der Waals surface area contributed by atoms with Crippen molar-refractivity contribution in [3.05, 3.63) is 24.0 Å². The summed E-state index contributed by atoms with van der Waals surface area (Å²) >= 11 is 0. The lowest BCUT2D eigenvalue weighted by molar-refractivity contribution is 0.0896. The molecule has 1 aliphatic carbocycles. The van der Waals surface area contributed by atoms with Gasteiger partial charge in [-0.3, -0.25) is 9.78 Å². The maximum Gasteiger partial charge on any atom is 0.255 e. The van der Waals surface area contributed by atoms with Crippen molar-refractivity contribution in [1.82, 2.24) is 10.3 Å². The lowest BCUT2D eigenvalue weighted by Gasteiger charge is -2.33. The lowest BCUT2D eigenvalue weighted by atomic mass is 9.80. The Bertz CT molecular complexity index is 434. The first-order valence-corrected chi connectivity index (χ1v) is 6.51. The van der Waals surface area contributed by atoms with E-state index in [2.05, 4.69) is 24.1 Å². The molecule has 4 nitrogen and oxygen atoms in total. The summed E-state index contributed by atoms with van der Waals surface area (Å²) < 4.78 is 0. The second kappa shape index (κ2) is 5.38. The molecule has 1 heterocycles. The predicted molar refractivity (Wildman–Crippen MR) is 69.3 cm³/mol. The zero-order valence-corrected chi connectivity index (χ0v) is 10.9. The molecule has 98 valence electrons. The first-order chi connectivity index (χ1) is 8.58. The summed E-state index contributed by atoms with van der Waals surface area (Å²) in [6.45, 7) is 4.43. The molecule has 1 saturated carbocycles. The Morgan fingerprint density at radius 3 is 2.89 bits per heavy atom. The van der Waals surface area contributed by atoms with E-state index >= 15 is 0 Å². The van der Waals surface area contributed by atoms with Gasteiger partial charge in [0.25, 0.3) is 5.91 Å². The molecule has 1 aromatic heterocycles. The summed E-state index contributed by atoms with van der Waals surface area (Å²) in [6.07, 6.45) is 6.12. The normalized spacial score (nSPS) is 27.8. The summed E-state index contributed by atoms with van der Waals surface area (Å²) in [4.78, 5) is 15.8. The topological polar surface area (TPSA) is 62.2 Å². The van der Waals surface area contributed by atoms with Crippen LogP contribution in [0, 0.1) is 11.8 Å². The Balaban J connectivity index is 2.02. The van der Waals surface area contributed by atoms with Crippen molar-refractivity contribution >= 4 is 5.91 Å². The fourth-order valence-electron chi connectivity index (χ4n) is 2.70. The molecule has 4 heteroatoms. The van der Waals surface area contributed by atoms with Crippen molar-refractivity contribution in [3.8, 4) is 5.75 Å². The quantitative estimate of drug-likeness (QED) is 0.844. The van der Waals surface area contributed by atoms with Crippen LogP contribution >= 0.6 is 0 Å². The number of hydrogen-bond donors (Lipinski definition) is 2. The highest BCUT2D eigenvalue weighted by molar-refractivity contribution is 5.96. The number of nitrogens with one attached hydrogen (secondary N) is 1. The van der Waals surface area contributed by atoms with Gasteiger partial charge in [0.2, 0.25) is 0 Å². The van der Waals surface area contributed by atoms with Gasteiger partial charge in [-0.15, -0.1) is 0 Å². The third-order valence-electron chi connectivity index (χ3n) is 3.79. The molecule has 1 aromatic rings. The standard InChI is InChI=1S/C14H20N2O2/c1-9-3-4-12(10(2)7-9)16-14(18)11-5-6-15-8-13(11)17/h5-6,8-10,12,17H,3-4,7H2,1-2H3,(H,16,18). The average molecular weight is 248 g/mol. The second-order valence-electron chi connectivity index (χ2n) is 5.37. The van der Waals surface area contributed by atoms with Gasteiger partial charge in [-0.25, -0.2) is 0 Å². The minimum absolute atomic E-state index is 0.0631. The van der Waals surface area contributed by atoms with E-state index in [-0.39, 0.29) is 17.7 Å². The molecule has 0 aliphatic heterocycles. The SMILES string of the molecule is CC1CCC(NC(=O)c2ccncc2O)C(C)C1. The van der Waals surface area contributed by atoms with E-state index in [4.69, 9.17) is 0 Å². The number of aromatic hydroxyl groups is 1. The number of hydrogen-bond acceptors (Lipinski definition) is 3. The van der Waals surface area contributed by atoms with E-state index in [1.807, 2.05) is 0 Å². The highest BCUT2D eigenvalue weighted by Gasteiger charge is 2.27. The van der Waals surface area contributed by atoms with Gasteiger partial charge in [0.1, 0.15) is 5.75 Å². The molecule has 0 radical (unpaired) electrons. The molecular formula is C14H20N2O2. The van der Waals surface area contributed by atoms with Gasteiger partial charge in [0.15, 0.2) is 0 Å². The molecule has 3 atom stereocenters. The number of aromatic nitrogens is 1. The fourth-order valence-corrected chi connectivity index (χ4v) is 2.70. The van der Waals surface area contributed by atoms with Crippen molar-refractivity contribution in [2.45, 2.75) is 39.2 Å². The molecule has 0 bridgehead atoms. The van der Waals surface area contributed by atoms with E-state index < -0.39 is 0 Å². The minimum Gasteiger partial charge on any atom is -0.505 e. The summed E-state index contributed by atoms with van der Waals surface area (Å²) in [7, 11) is 0. The van der Waals surface area contributed by atoms with Crippen molar-refractivity contribution in [2.24, 2.45) is 11.8 Å². The molecular weight excluding hydrogens is 228 g/mol. The van der Waals surface area contributed by atoms with Crippen LogP contribution in [0.5, 0.6) is 5.75 Å². The van der Waals surface area contributed by atoms with Crippen LogP contribution < -0.4 is 5.32 Å². The molecule has 1 fully saturated rings. The molecule has 2 N–H and O–H groups in total. The van der Waals surface area contributed by atoms with Crippen molar-refractivity contribution in [3.63, 3.8) is 0 Å². The Morgan fingerprint density at radius 1 is 1.44 bits per heavy atom. The summed E-state index contributed by atoms with van der Waals surface area (Å²) in [6, 6.07) is 1.75. The lowest BCUT2D eigenvalue weighted by Crippen LogP contribution is -2.42. The molecule has 2 rings (SSSR count). The van der Waals surface area contributed by atoms with Gasteiger partial charge in [-0.05, 0) is 37.2 Å². The third kappa shape index (κ3) is 2.81. The van der Waals surface area contributed by atoms with E-state index in [9.17, 15) is 9.90 Å². The highest BCUT2D eigenvalue weighted by atomic mass is 16.3. The van der Waals surface area contributed by atoms with Gasteiger partial charge in [-0.2, -0.15) is 0 Å². The molecule has 1 amide bonds. The third-order valence-corrected chi connectivity index (χ3v) is 3.79. The highest BCUT2D eigenvalue weighted by Crippen LogP contribution is 2.29. The Labute approximate surface area is 107 Å². The van der Waals surface area contributed by atoms with Crippen LogP contribution in [0.4, 0.5) is 0 Å². The minimum atomic E-state index is -0.207. The van der Waals surface area contributed by atoms with Crippen LogP contribution in [0.1, 0.15) is 43.5 Å². The number of amides is 1. The molecule has 3 unspecified atom stereocenters. The van der Waals surface area contributed by atoms with Gasteiger partial charge >= 0.3 is 0 Å². The van der Waals surface area contributed by atoms with Gasteiger partial charge < -0.3 is 10.4 Å². The number of rotatable bonds is 2. The second-order valence-corrected chi connectivity index (χ2v) is 5.37. The zero-order valence-electron chi connectivity index (χ0n) is 10.9. The molecule has 1 aliphatic rings. The Morgan fingerprint density at radius 2 is 2.22 bits per heavy atom. The first-order valence-electron chi connectivity index (χ1n) is 6.51. The van der Waals surface area contributed by atoms with Crippen molar-refractivity contribution in [2.75, 3.05) is 0 Å². The smallest absolute Gasteiger partial charge is 0.255 e. The van der Waals surface area contributed by atoms with E-state index in [1.54, 1.807) is 6.07 Å². The Hall–Kier alpha value is -1.58. The summed E-state index contributed by atoms with van der Waals surface area (Å²) in [5.74, 6) is 0.956. The van der Waals surface area contributed by atoms with Crippen LogP contribution in [0.15, 0.2) is 18.5 Å². The van der Waals surface area contributed by atoms with Gasteiger partial charge in [0, 0.05) is 12.2 Å². The van der Waals surface area contributed by atoms with E-state index in [0.717, 1.165) is 25.2 Å². The average Bonchev–Trinajstić information content (AvgIpc) is 2.33. The van der Waals surface area contributed by atoms with E-state index in [1.165, 1.54) is 12.4 Å². The number of carbonyl (C=O) groups excluding carboxylic acids is 1. The van der Waals surface area contributed by atoms with Gasteiger partial charge in [0.05, 0.1) is 11.8 Å².